The van der Waals surface area contributed by atoms with Gasteiger partial charge in [-0.2, -0.15) is 0 Å². The van der Waals surface area contributed by atoms with Crippen LogP contribution in [0.2, 0.25) is 0 Å². The zero-order valence-corrected chi connectivity index (χ0v) is 15.9. The normalized spacial score (nSPS) is 10.7. The maximum absolute atomic E-state index is 12.4. The van der Waals surface area contributed by atoms with E-state index in [0.29, 0.717) is 24.0 Å². The molecule has 2 aromatic carbocycles. The van der Waals surface area contributed by atoms with Gasteiger partial charge in [0.15, 0.2) is 0 Å². The van der Waals surface area contributed by atoms with E-state index in [1.165, 1.54) is 29.1 Å². The summed E-state index contributed by atoms with van der Waals surface area (Å²) in [5, 5.41) is 6.05. The lowest BCUT2D eigenvalue weighted by atomic mass is 10.0. The molecule has 0 aliphatic rings. The molecule has 0 bridgehead atoms. The van der Waals surface area contributed by atoms with Gasteiger partial charge in [0.2, 0.25) is 5.95 Å². The molecule has 27 heavy (non-hydrogen) atoms. The van der Waals surface area contributed by atoms with Gasteiger partial charge in [0, 0.05) is 24.6 Å². The second kappa shape index (κ2) is 8.45. The maximum Gasteiger partial charge on any atom is 0.258 e. The first-order valence-electron chi connectivity index (χ1n) is 9.04. The molecule has 0 fully saturated rings. The highest BCUT2D eigenvalue weighted by atomic mass is 16.1. The number of amides is 1. The molecule has 0 aliphatic heterocycles. The van der Waals surface area contributed by atoms with E-state index in [0.717, 1.165) is 5.69 Å². The summed E-state index contributed by atoms with van der Waals surface area (Å²) in [6.07, 6.45) is 3.07. The maximum atomic E-state index is 12.4. The molecular formula is C22H24N4O. The molecule has 0 saturated heterocycles. The predicted octanol–water partition coefficient (Wildman–Crippen LogP) is 4.77. The van der Waals surface area contributed by atoms with Crippen LogP contribution in [0.4, 0.5) is 11.6 Å². The lowest BCUT2D eigenvalue weighted by molar-refractivity contribution is 0.102. The van der Waals surface area contributed by atoms with Gasteiger partial charge in [-0.15, -0.1) is 0 Å². The number of hydrogen-bond acceptors (Lipinski definition) is 4. The second-order valence-corrected chi connectivity index (χ2v) is 6.81. The fourth-order valence-electron chi connectivity index (χ4n) is 2.67. The van der Waals surface area contributed by atoms with Crippen LogP contribution >= 0.6 is 0 Å². The van der Waals surface area contributed by atoms with E-state index in [-0.39, 0.29) is 5.91 Å². The van der Waals surface area contributed by atoms with Crippen molar-refractivity contribution in [3.8, 4) is 0 Å². The average Bonchev–Trinajstić information content (AvgIpc) is 2.68. The van der Waals surface area contributed by atoms with Crippen LogP contribution in [0.3, 0.4) is 0 Å². The van der Waals surface area contributed by atoms with Gasteiger partial charge >= 0.3 is 0 Å². The molecule has 1 amide bonds. The summed E-state index contributed by atoms with van der Waals surface area (Å²) >= 11 is 0. The summed E-state index contributed by atoms with van der Waals surface area (Å²) in [7, 11) is 0. The minimum Gasteiger partial charge on any atom is -0.350 e. The lowest BCUT2D eigenvalue weighted by Crippen LogP contribution is -2.13. The number of aryl methyl sites for hydroxylation is 1. The van der Waals surface area contributed by atoms with Crippen LogP contribution in [0.15, 0.2) is 60.9 Å². The van der Waals surface area contributed by atoms with Crippen LogP contribution in [0.25, 0.3) is 0 Å². The van der Waals surface area contributed by atoms with Crippen LogP contribution < -0.4 is 10.6 Å². The highest BCUT2D eigenvalue weighted by Gasteiger charge is 2.08. The number of aromatic nitrogens is 2. The second-order valence-electron chi connectivity index (χ2n) is 6.81. The number of benzene rings is 2. The van der Waals surface area contributed by atoms with E-state index >= 15 is 0 Å². The Morgan fingerprint density at radius 2 is 1.67 bits per heavy atom. The molecule has 2 N–H and O–H groups in total. The van der Waals surface area contributed by atoms with Gasteiger partial charge in [-0.25, -0.2) is 9.97 Å². The molecule has 0 atom stereocenters. The van der Waals surface area contributed by atoms with Crippen molar-refractivity contribution in [2.45, 2.75) is 33.2 Å². The third-order valence-electron chi connectivity index (χ3n) is 4.45. The van der Waals surface area contributed by atoms with E-state index < -0.39 is 0 Å². The van der Waals surface area contributed by atoms with Crippen LogP contribution in [0, 0.1) is 6.92 Å². The molecule has 0 aliphatic carbocycles. The van der Waals surface area contributed by atoms with Gasteiger partial charge in [-0.1, -0.05) is 50.2 Å². The van der Waals surface area contributed by atoms with Gasteiger partial charge in [-0.05, 0) is 41.7 Å². The Kier molecular flexibility index (Phi) is 5.81. The number of carbonyl (C=O) groups is 1. The predicted molar refractivity (Wildman–Crippen MR) is 109 cm³/mol. The third-order valence-corrected chi connectivity index (χ3v) is 4.45. The minimum atomic E-state index is -0.224. The van der Waals surface area contributed by atoms with Crippen molar-refractivity contribution in [3.05, 3.63) is 83.2 Å². The highest BCUT2D eigenvalue weighted by molar-refractivity contribution is 6.03. The van der Waals surface area contributed by atoms with Crippen molar-refractivity contribution in [1.82, 2.24) is 9.97 Å². The Hall–Kier alpha value is -3.21. The zero-order valence-electron chi connectivity index (χ0n) is 15.9. The third kappa shape index (κ3) is 4.91. The summed E-state index contributed by atoms with van der Waals surface area (Å²) in [6.45, 7) is 6.98. The van der Waals surface area contributed by atoms with Gasteiger partial charge < -0.3 is 10.6 Å². The molecule has 138 valence electrons. The quantitative estimate of drug-likeness (QED) is 0.664. The summed E-state index contributed by atoms with van der Waals surface area (Å²) in [5.74, 6) is 0.733. The Morgan fingerprint density at radius 3 is 2.30 bits per heavy atom. The topological polar surface area (TPSA) is 66.9 Å². The van der Waals surface area contributed by atoms with E-state index in [1.54, 1.807) is 0 Å². The fraction of sp³-hybridized carbons (Fsp3) is 0.227. The zero-order chi connectivity index (χ0) is 19.2. The molecule has 3 rings (SSSR count). The van der Waals surface area contributed by atoms with Crippen LogP contribution in [0.5, 0.6) is 0 Å². The van der Waals surface area contributed by atoms with Crippen LogP contribution in [0.1, 0.15) is 46.8 Å². The van der Waals surface area contributed by atoms with E-state index in [4.69, 9.17) is 0 Å². The van der Waals surface area contributed by atoms with Crippen LogP contribution in [-0.2, 0) is 6.54 Å². The largest absolute Gasteiger partial charge is 0.350 e. The number of hydrogen-bond donors (Lipinski definition) is 2. The van der Waals surface area contributed by atoms with Gasteiger partial charge in [-0.3, -0.25) is 4.79 Å². The monoisotopic (exact) mass is 360 g/mol. The first kappa shape index (κ1) is 18.6. The van der Waals surface area contributed by atoms with E-state index in [9.17, 15) is 4.79 Å². The molecule has 0 unspecified atom stereocenters. The fourth-order valence-corrected chi connectivity index (χ4v) is 2.67. The molecule has 3 aromatic rings. The van der Waals surface area contributed by atoms with Crippen molar-refractivity contribution < 1.29 is 4.79 Å². The molecule has 5 nitrogen and oxygen atoms in total. The van der Waals surface area contributed by atoms with Crippen molar-refractivity contribution in [2.75, 3.05) is 10.6 Å². The van der Waals surface area contributed by atoms with E-state index in [1.807, 2.05) is 36.4 Å². The Labute approximate surface area is 159 Å². The van der Waals surface area contributed by atoms with Crippen molar-refractivity contribution in [1.29, 1.82) is 0 Å². The van der Waals surface area contributed by atoms with Crippen LogP contribution in [-0.4, -0.2) is 15.9 Å². The number of rotatable bonds is 6. The molecule has 1 aromatic heterocycles. The smallest absolute Gasteiger partial charge is 0.258 e. The lowest BCUT2D eigenvalue weighted by Gasteiger charge is -2.09. The Bertz CT molecular complexity index is 902. The number of carbonyl (C=O) groups excluding carboxylic acids is 1. The first-order valence-corrected chi connectivity index (χ1v) is 9.04. The molecule has 0 spiro atoms. The van der Waals surface area contributed by atoms with Crippen molar-refractivity contribution in [3.63, 3.8) is 0 Å². The van der Waals surface area contributed by atoms with Gasteiger partial charge in [0.1, 0.15) is 0 Å². The summed E-state index contributed by atoms with van der Waals surface area (Å²) in [6, 6.07) is 16.0. The summed E-state index contributed by atoms with van der Waals surface area (Å²) < 4.78 is 0. The first-order chi connectivity index (χ1) is 13.0. The molecule has 5 heteroatoms. The van der Waals surface area contributed by atoms with Gasteiger partial charge in [0.05, 0.1) is 5.56 Å². The Balaban J connectivity index is 1.59. The average molecular weight is 360 g/mol. The van der Waals surface area contributed by atoms with Gasteiger partial charge in [0.25, 0.3) is 5.91 Å². The Morgan fingerprint density at radius 1 is 1.00 bits per heavy atom. The van der Waals surface area contributed by atoms with Crippen molar-refractivity contribution >= 4 is 17.5 Å². The number of anilines is 2. The summed E-state index contributed by atoms with van der Waals surface area (Å²) in [5.41, 5.74) is 4.81. The number of nitrogens with one attached hydrogen (secondary N) is 2. The summed E-state index contributed by atoms with van der Waals surface area (Å²) in [4.78, 5) is 20.8. The van der Waals surface area contributed by atoms with E-state index in [2.05, 4.69) is 53.5 Å². The molecule has 0 saturated carbocycles. The standard InChI is InChI=1S/C22H24N4O/c1-15(2)17-8-10-20(11-9-17)26-21(27)19-13-24-22(25-14-19)23-12-18-7-5-4-6-16(18)3/h4-11,13-15H,12H2,1-3H3,(H,26,27)(H,23,24,25). The molecular weight excluding hydrogens is 336 g/mol. The SMILES string of the molecule is Cc1ccccc1CNc1ncc(C(=O)Nc2ccc(C(C)C)cc2)cn1. The number of nitrogens with zero attached hydrogens (tertiary/aromatic N) is 2. The highest BCUT2D eigenvalue weighted by Crippen LogP contribution is 2.17. The van der Waals surface area contributed by atoms with Crippen molar-refractivity contribution in [2.24, 2.45) is 0 Å². The molecule has 1 heterocycles. The molecule has 0 radical (unpaired) electrons. The minimum absolute atomic E-state index is 0.224.